The third-order valence-corrected chi connectivity index (χ3v) is 5.31. The summed E-state index contributed by atoms with van der Waals surface area (Å²) in [6.45, 7) is 1.59. The fraction of sp³-hybridized carbons (Fsp3) is 0.333. The number of amides is 2. The van der Waals surface area contributed by atoms with Gasteiger partial charge in [-0.1, -0.05) is 11.6 Å². The monoisotopic (exact) mass is 430 g/mol. The Morgan fingerprint density at radius 1 is 1.27 bits per heavy atom. The van der Waals surface area contributed by atoms with E-state index < -0.39 is 4.92 Å². The summed E-state index contributed by atoms with van der Waals surface area (Å²) in [5.41, 5.74) is 2.13. The van der Waals surface area contributed by atoms with Crippen molar-refractivity contribution in [1.82, 2.24) is 4.90 Å². The molecule has 2 aromatic carbocycles. The van der Waals surface area contributed by atoms with Crippen LogP contribution in [0.1, 0.15) is 24.8 Å². The van der Waals surface area contributed by atoms with Crippen LogP contribution in [-0.4, -0.2) is 41.8 Å². The normalized spacial score (nSPS) is 13.7. The van der Waals surface area contributed by atoms with Crippen molar-refractivity contribution in [2.24, 2.45) is 0 Å². The second-order valence-electron chi connectivity index (χ2n) is 7.26. The van der Waals surface area contributed by atoms with Crippen molar-refractivity contribution in [1.29, 1.82) is 0 Å². The van der Waals surface area contributed by atoms with Crippen LogP contribution in [0, 0.1) is 10.1 Å². The number of carbonyl (C=O) groups excluding carboxylic acids is 2. The summed E-state index contributed by atoms with van der Waals surface area (Å²) in [7, 11) is 1.82. The number of hydrogen-bond acceptors (Lipinski definition) is 5. The Labute approximate surface area is 179 Å². The van der Waals surface area contributed by atoms with Gasteiger partial charge in [-0.2, -0.15) is 0 Å². The van der Waals surface area contributed by atoms with E-state index in [-0.39, 0.29) is 23.9 Å². The Morgan fingerprint density at radius 2 is 2.00 bits per heavy atom. The lowest BCUT2D eigenvalue weighted by molar-refractivity contribution is -0.384. The number of nitrogens with zero attached hydrogens (tertiary/aromatic N) is 3. The molecule has 0 spiro atoms. The molecule has 1 aliphatic rings. The van der Waals surface area contributed by atoms with Gasteiger partial charge < -0.3 is 15.1 Å². The summed E-state index contributed by atoms with van der Waals surface area (Å²) in [6.07, 6.45) is 1.70. The van der Waals surface area contributed by atoms with Crippen LogP contribution >= 0.6 is 11.6 Å². The van der Waals surface area contributed by atoms with Gasteiger partial charge in [0, 0.05) is 61.0 Å². The van der Waals surface area contributed by atoms with Gasteiger partial charge in [0.2, 0.25) is 11.8 Å². The quantitative estimate of drug-likeness (QED) is 0.507. The van der Waals surface area contributed by atoms with Crippen molar-refractivity contribution < 1.29 is 14.5 Å². The van der Waals surface area contributed by atoms with Crippen molar-refractivity contribution >= 4 is 40.5 Å². The van der Waals surface area contributed by atoms with Gasteiger partial charge in [0.05, 0.1) is 4.92 Å². The molecule has 1 fully saturated rings. The highest BCUT2D eigenvalue weighted by Crippen LogP contribution is 2.24. The molecular formula is C21H23ClN4O4. The Kier molecular flexibility index (Phi) is 7.02. The van der Waals surface area contributed by atoms with E-state index in [2.05, 4.69) is 5.32 Å². The average Bonchev–Trinajstić information content (AvgIpc) is 3.14. The van der Waals surface area contributed by atoms with Crippen molar-refractivity contribution in [3.05, 3.63) is 63.2 Å². The number of nitro benzene ring substituents is 1. The van der Waals surface area contributed by atoms with Gasteiger partial charge in [-0.05, 0) is 49.4 Å². The van der Waals surface area contributed by atoms with Crippen molar-refractivity contribution in [2.45, 2.75) is 25.8 Å². The number of non-ortho nitro benzene ring substituents is 1. The molecule has 2 amide bonds. The Bertz CT molecular complexity index is 949. The first-order valence-corrected chi connectivity index (χ1v) is 10.0. The molecule has 8 nitrogen and oxygen atoms in total. The van der Waals surface area contributed by atoms with Gasteiger partial charge in [0.25, 0.3) is 5.69 Å². The summed E-state index contributed by atoms with van der Waals surface area (Å²) in [4.78, 5) is 38.2. The largest absolute Gasteiger partial charge is 0.326 e. The third kappa shape index (κ3) is 5.55. The minimum absolute atomic E-state index is 0.0142. The number of nitro groups is 1. The second kappa shape index (κ2) is 9.69. The standard InChI is InChI=1S/C21H23ClN4O4/c1-24(14-15-13-18(26(29)30)8-9-19(15)22)12-10-20(27)23-16-4-6-17(7-5-16)25-11-2-3-21(25)28/h4-9,13H,2-3,10-12,14H2,1H3,(H,23,27). The maximum absolute atomic E-state index is 12.3. The summed E-state index contributed by atoms with van der Waals surface area (Å²) in [5.74, 6) is -0.0179. The van der Waals surface area contributed by atoms with Gasteiger partial charge in [0.15, 0.2) is 0 Å². The van der Waals surface area contributed by atoms with Crippen LogP contribution in [0.25, 0.3) is 0 Å². The van der Waals surface area contributed by atoms with Crippen molar-refractivity contribution in [2.75, 3.05) is 30.4 Å². The molecule has 0 atom stereocenters. The smallest absolute Gasteiger partial charge is 0.269 e. The van der Waals surface area contributed by atoms with Crippen LogP contribution < -0.4 is 10.2 Å². The molecule has 0 bridgehead atoms. The van der Waals surface area contributed by atoms with E-state index in [0.717, 1.165) is 18.7 Å². The van der Waals surface area contributed by atoms with Crippen LogP contribution in [-0.2, 0) is 16.1 Å². The Balaban J connectivity index is 1.49. The molecule has 0 radical (unpaired) electrons. The van der Waals surface area contributed by atoms with Crippen LogP contribution in [0.4, 0.5) is 17.1 Å². The van der Waals surface area contributed by atoms with Crippen LogP contribution in [0.15, 0.2) is 42.5 Å². The summed E-state index contributed by atoms with van der Waals surface area (Å²) < 4.78 is 0. The molecular weight excluding hydrogens is 408 g/mol. The third-order valence-electron chi connectivity index (χ3n) is 4.94. The highest BCUT2D eigenvalue weighted by atomic mass is 35.5. The maximum Gasteiger partial charge on any atom is 0.269 e. The van der Waals surface area contributed by atoms with Gasteiger partial charge >= 0.3 is 0 Å². The highest BCUT2D eigenvalue weighted by molar-refractivity contribution is 6.31. The van der Waals surface area contributed by atoms with Gasteiger partial charge in [0.1, 0.15) is 0 Å². The minimum atomic E-state index is -0.460. The van der Waals surface area contributed by atoms with Crippen LogP contribution in [0.3, 0.4) is 0 Å². The molecule has 1 aliphatic heterocycles. The average molecular weight is 431 g/mol. The zero-order valence-electron chi connectivity index (χ0n) is 16.6. The molecule has 1 saturated heterocycles. The molecule has 0 aliphatic carbocycles. The second-order valence-corrected chi connectivity index (χ2v) is 7.67. The lowest BCUT2D eigenvalue weighted by atomic mass is 10.2. The lowest BCUT2D eigenvalue weighted by Crippen LogP contribution is -2.24. The highest BCUT2D eigenvalue weighted by Gasteiger charge is 2.21. The molecule has 2 aromatic rings. The number of benzene rings is 2. The van der Waals surface area contributed by atoms with Crippen LogP contribution in [0.2, 0.25) is 5.02 Å². The predicted molar refractivity (Wildman–Crippen MR) is 116 cm³/mol. The first-order valence-electron chi connectivity index (χ1n) is 9.65. The zero-order valence-corrected chi connectivity index (χ0v) is 17.4. The Hall–Kier alpha value is -2.97. The predicted octanol–water partition coefficient (Wildman–Crippen LogP) is 3.84. The van der Waals surface area contributed by atoms with Gasteiger partial charge in [-0.15, -0.1) is 0 Å². The molecule has 3 rings (SSSR count). The number of hydrogen-bond donors (Lipinski definition) is 1. The van der Waals surface area contributed by atoms with E-state index in [0.29, 0.717) is 35.8 Å². The van der Waals surface area contributed by atoms with Crippen molar-refractivity contribution in [3.8, 4) is 0 Å². The molecule has 9 heteroatoms. The summed E-state index contributed by atoms with van der Waals surface area (Å²) >= 11 is 6.13. The number of halogens is 1. The van der Waals surface area contributed by atoms with Crippen molar-refractivity contribution in [3.63, 3.8) is 0 Å². The van der Waals surface area contributed by atoms with Gasteiger partial charge in [-0.25, -0.2) is 0 Å². The number of nitrogens with one attached hydrogen (secondary N) is 1. The fourth-order valence-electron chi connectivity index (χ4n) is 3.33. The summed E-state index contributed by atoms with van der Waals surface area (Å²) in [6, 6.07) is 11.5. The summed E-state index contributed by atoms with van der Waals surface area (Å²) in [5, 5.41) is 14.2. The van der Waals surface area contributed by atoms with E-state index in [1.807, 2.05) is 24.1 Å². The van der Waals surface area contributed by atoms with E-state index >= 15 is 0 Å². The van der Waals surface area contributed by atoms with E-state index in [4.69, 9.17) is 11.6 Å². The van der Waals surface area contributed by atoms with E-state index in [9.17, 15) is 19.7 Å². The molecule has 0 saturated carbocycles. The molecule has 0 aromatic heterocycles. The van der Waals surface area contributed by atoms with E-state index in [1.165, 1.54) is 18.2 Å². The first kappa shape index (κ1) is 21.7. The topological polar surface area (TPSA) is 95.8 Å². The van der Waals surface area contributed by atoms with Gasteiger partial charge in [-0.3, -0.25) is 19.7 Å². The number of carbonyl (C=O) groups is 2. The number of rotatable bonds is 8. The fourth-order valence-corrected chi connectivity index (χ4v) is 3.50. The Morgan fingerprint density at radius 3 is 2.63 bits per heavy atom. The molecule has 0 unspecified atom stereocenters. The SMILES string of the molecule is CN(CCC(=O)Nc1ccc(N2CCCC2=O)cc1)Cc1cc([N+](=O)[O-])ccc1Cl. The zero-order chi connectivity index (χ0) is 21.7. The minimum Gasteiger partial charge on any atom is -0.326 e. The van der Waals surface area contributed by atoms with E-state index in [1.54, 1.807) is 17.0 Å². The molecule has 158 valence electrons. The molecule has 30 heavy (non-hydrogen) atoms. The molecule has 1 N–H and O–H groups in total. The van der Waals surface area contributed by atoms with Crippen LogP contribution in [0.5, 0.6) is 0 Å². The number of anilines is 2. The first-order chi connectivity index (χ1) is 14.3. The lowest BCUT2D eigenvalue weighted by Gasteiger charge is -2.18. The maximum atomic E-state index is 12.3. The molecule has 1 heterocycles.